The largest absolute Gasteiger partial charge is 0.312 e. The van der Waals surface area contributed by atoms with Crippen molar-refractivity contribution in [3.05, 3.63) is 39.6 Å². The number of aromatic nitrogens is 1. The van der Waals surface area contributed by atoms with Crippen LogP contribution >= 0.6 is 22.9 Å². The predicted molar refractivity (Wildman–Crippen MR) is 88.6 cm³/mol. The minimum absolute atomic E-state index is 0.138. The lowest BCUT2D eigenvalue weighted by atomic mass is 10.1. The fraction of sp³-hybridized carbons (Fsp3) is 0.438. The van der Waals surface area contributed by atoms with Gasteiger partial charge in [0, 0.05) is 17.0 Å². The van der Waals surface area contributed by atoms with E-state index in [9.17, 15) is 4.39 Å². The molecule has 21 heavy (non-hydrogen) atoms. The molecule has 0 fully saturated rings. The Balaban J connectivity index is 2.36. The van der Waals surface area contributed by atoms with E-state index in [1.54, 1.807) is 29.5 Å². The second-order valence-corrected chi connectivity index (χ2v) is 6.75. The highest BCUT2D eigenvalue weighted by Crippen LogP contribution is 2.34. The SMILES string of the molecule is CCCNCc1sc(-c2cccc(Cl)c2F)nc1C(C)C. The molecule has 1 aromatic heterocycles. The molecule has 0 aliphatic rings. The predicted octanol–water partition coefficient (Wildman–Crippen LogP) is 5.23. The Bertz CT molecular complexity index is 610. The van der Waals surface area contributed by atoms with Gasteiger partial charge in [0.1, 0.15) is 5.01 Å². The molecule has 114 valence electrons. The van der Waals surface area contributed by atoms with Gasteiger partial charge in [0.05, 0.1) is 10.7 Å². The summed E-state index contributed by atoms with van der Waals surface area (Å²) in [5.41, 5.74) is 1.52. The zero-order valence-electron chi connectivity index (χ0n) is 12.5. The second kappa shape index (κ2) is 7.34. The molecule has 0 atom stereocenters. The van der Waals surface area contributed by atoms with E-state index in [1.807, 2.05) is 0 Å². The van der Waals surface area contributed by atoms with E-state index >= 15 is 0 Å². The molecule has 0 spiro atoms. The van der Waals surface area contributed by atoms with Crippen LogP contribution in [0.3, 0.4) is 0 Å². The standard InChI is InChI=1S/C16H20ClFN2S/c1-4-8-19-9-13-15(10(2)3)20-16(21-13)11-6-5-7-12(17)14(11)18/h5-7,10,19H,4,8-9H2,1-3H3. The Morgan fingerprint density at radius 3 is 2.81 bits per heavy atom. The van der Waals surface area contributed by atoms with Gasteiger partial charge in [-0.25, -0.2) is 9.37 Å². The minimum Gasteiger partial charge on any atom is -0.312 e. The van der Waals surface area contributed by atoms with Crippen LogP contribution in [0.1, 0.15) is 43.7 Å². The van der Waals surface area contributed by atoms with Crippen molar-refractivity contribution in [1.29, 1.82) is 0 Å². The van der Waals surface area contributed by atoms with E-state index in [1.165, 1.54) is 4.88 Å². The topological polar surface area (TPSA) is 24.9 Å². The Morgan fingerprint density at radius 1 is 1.38 bits per heavy atom. The normalized spacial score (nSPS) is 11.3. The second-order valence-electron chi connectivity index (χ2n) is 5.26. The molecule has 0 aliphatic heterocycles. The quantitative estimate of drug-likeness (QED) is 0.736. The summed E-state index contributed by atoms with van der Waals surface area (Å²) in [6.45, 7) is 8.10. The molecular formula is C16H20ClFN2S. The first-order valence-corrected chi connectivity index (χ1v) is 8.38. The van der Waals surface area contributed by atoms with Crippen LogP contribution in [0, 0.1) is 5.82 Å². The van der Waals surface area contributed by atoms with Gasteiger partial charge in [0.25, 0.3) is 0 Å². The molecule has 0 amide bonds. The first kappa shape index (κ1) is 16.4. The summed E-state index contributed by atoms with van der Waals surface area (Å²) in [5, 5.41) is 4.23. The number of nitrogens with one attached hydrogen (secondary N) is 1. The van der Waals surface area contributed by atoms with Crippen molar-refractivity contribution in [1.82, 2.24) is 10.3 Å². The molecule has 0 radical (unpaired) electrons. The molecule has 2 aromatic rings. The van der Waals surface area contributed by atoms with Crippen LogP contribution in [0.5, 0.6) is 0 Å². The smallest absolute Gasteiger partial charge is 0.152 e. The maximum atomic E-state index is 14.2. The third-order valence-electron chi connectivity index (χ3n) is 3.17. The van der Waals surface area contributed by atoms with Crippen LogP contribution in [0.15, 0.2) is 18.2 Å². The van der Waals surface area contributed by atoms with E-state index in [4.69, 9.17) is 11.6 Å². The number of nitrogens with zero attached hydrogens (tertiary/aromatic N) is 1. The fourth-order valence-electron chi connectivity index (χ4n) is 2.10. The molecule has 0 saturated carbocycles. The minimum atomic E-state index is -0.392. The highest BCUT2D eigenvalue weighted by atomic mass is 35.5. The summed E-state index contributed by atoms with van der Waals surface area (Å²) in [6, 6.07) is 5.04. The summed E-state index contributed by atoms with van der Waals surface area (Å²) < 4.78 is 14.2. The number of rotatable bonds is 6. The lowest BCUT2D eigenvalue weighted by molar-refractivity contribution is 0.631. The first-order valence-electron chi connectivity index (χ1n) is 7.19. The summed E-state index contributed by atoms with van der Waals surface area (Å²) >= 11 is 7.41. The van der Waals surface area contributed by atoms with E-state index in [0.717, 1.165) is 25.2 Å². The van der Waals surface area contributed by atoms with Crippen molar-refractivity contribution in [2.24, 2.45) is 0 Å². The van der Waals surface area contributed by atoms with E-state index in [-0.39, 0.29) is 5.02 Å². The highest BCUT2D eigenvalue weighted by Gasteiger charge is 2.18. The molecule has 2 nitrogen and oxygen atoms in total. The number of halogens is 2. The summed E-state index contributed by atoms with van der Waals surface area (Å²) in [6.07, 6.45) is 1.09. The lowest BCUT2D eigenvalue weighted by Gasteiger charge is -2.05. The number of hydrogen-bond acceptors (Lipinski definition) is 3. The van der Waals surface area contributed by atoms with E-state index in [0.29, 0.717) is 16.5 Å². The zero-order valence-corrected chi connectivity index (χ0v) is 14.1. The Labute approximate surface area is 134 Å². The van der Waals surface area contributed by atoms with Gasteiger partial charge < -0.3 is 5.32 Å². The van der Waals surface area contributed by atoms with Crippen molar-refractivity contribution in [2.45, 2.75) is 39.7 Å². The first-order chi connectivity index (χ1) is 10.0. The molecule has 5 heteroatoms. The van der Waals surface area contributed by atoms with Gasteiger partial charge in [-0.3, -0.25) is 0 Å². The molecule has 0 saturated heterocycles. The molecule has 1 heterocycles. The number of thiazole rings is 1. The van der Waals surface area contributed by atoms with Crippen molar-refractivity contribution < 1.29 is 4.39 Å². The van der Waals surface area contributed by atoms with Gasteiger partial charge >= 0.3 is 0 Å². The highest BCUT2D eigenvalue weighted by molar-refractivity contribution is 7.15. The molecule has 1 aromatic carbocycles. The fourth-order valence-corrected chi connectivity index (χ4v) is 3.48. The van der Waals surface area contributed by atoms with Crippen molar-refractivity contribution in [3.8, 4) is 10.6 Å². The molecule has 2 rings (SSSR count). The number of benzene rings is 1. The molecular weight excluding hydrogens is 307 g/mol. The average Bonchev–Trinajstić information content (AvgIpc) is 2.86. The lowest BCUT2D eigenvalue weighted by Crippen LogP contribution is -2.14. The Morgan fingerprint density at radius 2 is 2.14 bits per heavy atom. The van der Waals surface area contributed by atoms with Crippen LogP contribution in [-0.4, -0.2) is 11.5 Å². The van der Waals surface area contributed by atoms with E-state index in [2.05, 4.69) is 31.1 Å². The van der Waals surface area contributed by atoms with Gasteiger partial charge in [-0.2, -0.15) is 0 Å². The average molecular weight is 327 g/mol. The maximum absolute atomic E-state index is 14.2. The monoisotopic (exact) mass is 326 g/mol. The zero-order chi connectivity index (χ0) is 15.4. The number of hydrogen-bond donors (Lipinski definition) is 1. The van der Waals surface area contributed by atoms with Gasteiger partial charge in [-0.05, 0) is 31.0 Å². The summed E-state index contributed by atoms with van der Waals surface area (Å²) in [5.74, 6) is -0.0769. The Hall–Kier alpha value is -0.970. The van der Waals surface area contributed by atoms with Crippen LogP contribution in [-0.2, 0) is 6.54 Å². The molecule has 0 aliphatic carbocycles. The van der Waals surface area contributed by atoms with Crippen molar-refractivity contribution >= 4 is 22.9 Å². The van der Waals surface area contributed by atoms with Crippen LogP contribution in [0.2, 0.25) is 5.02 Å². The third-order valence-corrected chi connectivity index (χ3v) is 4.57. The third kappa shape index (κ3) is 3.82. The maximum Gasteiger partial charge on any atom is 0.152 e. The summed E-state index contributed by atoms with van der Waals surface area (Å²) in [4.78, 5) is 5.81. The van der Waals surface area contributed by atoms with E-state index < -0.39 is 5.82 Å². The summed E-state index contributed by atoms with van der Waals surface area (Å²) in [7, 11) is 0. The molecule has 0 unspecified atom stereocenters. The van der Waals surface area contributed by atoms with Crippen molar-refractivity contribution in [2.75, 3.05) is 6.54 Å². The van der Waals surface area contributed by atoms with Crippen molar-refractivity contribution in [3.63, 3.8) is 0 Å². The molecule has 0 bridgehead atoms. The van der Waals surface area contributed by atoms with Gasteiger partial charge in [0.15, 0.2) is 5.82 Å². The van der Waals surface area contributed by atoms with Crippen LogP contribution in [0.4, 0.5) is 4.39 Å². The van der Waals surface area contributed by atoms with Crippen LogP contribution < -0.4 is 5.32 Å². The molecule has 1 N–H and O–H groups in total. The van der Waals surface area contributed by atoms with Gasteiger partial charge in [0.2, 0.25) is 0 Å². The Kier molecular flexibility index (Phi) is 5.73. The van der Waals surface area contributed by atoms with Crippen LogP contribution in [0.25, 0.3) is 10.6 Å². The van der Waals surface area contributed by atoms with Gasteiger partial charge in [-0.15, -0.1) is 11.3 Å². The van der Waals surface area contributed by atoms with Gasteiger partial charge in [-0.1, -0.05) is 38.4 Å².